The van der Waals surface area contributed by atoms with Crippen LogP contribution in [0.4, 0.5) is 0 Å². The summed E-state index contributed by atoms with van der Waals surface area (Å²) >= 11 is 5.87. The van der Waals surface area contributed by atoms with Crippen LogP contribution in [0.1, 0.15) is 16.7 Å². The van der Waals surface area contributed by atoms with E-state index < -0.39 is 5.97 Å². The monoisotopic (exact) mass is 209 g/mol. The summed E-state index contributed by atoms with van der Waals surface area (Å²) < 4.78 is 0. The fourth-order valence-electron chi connectivity index (χ4n) is 1.17. The van der Waals surface area contributed by atoms with Gasteiger partial charge in [-0.05, 0) is 24.1 Å². The Kier molecular flexibility index (Phi) is 3.10. The van der Waals surface area contributed by atoms with Crippen LogP contribution < -0.4 is 0 Å². The molecule has 72 valence electrons. The summed E-state index contributed by atoms with van der Waals surface area (Å²) in [7, 11) is 0. The summed E-state index contributed by atoms with van der Waals surface area (Å²) in [5.74, 6) is -0.954. The molecule has 0 aliphatic heterocycles. The van der Waals surface area contributed by atoms with E-state index in [0.717, 1.165) is 5.56 Å². The van der Waals surface area contributed by atoms with Gasteiger partial charge in [-0.1, -0.05) is 17.7 Å². The Balaban J connectivity index is 3.27. The Hall–Kier alpha value is -1.53. The molecule has 0 aromatic heterocycles. The molecule has 0 unspecified atom stereocenters. The molecule has 1 aromatic rings. The van der Waals surface area contributed by atoms with Gasteiger partial charge in [0.05, 0.1) is 17.0 Å². The molecule has 3 nitrogen and oxygen atoms in total. The Morgan fingerprint density at radius 2 is 2.29 bits per heavy atom. The zero-order valence-corrected chi connectivity index (χ0v) is 8.30. The van der Waals surface area contributed by atoms with Crippen molar-refractivity contribution >= 4 is 17.6 Å². The zero-order valence-electron chi connectivity index (χ0n) is 7.54. The fourth-order valence-corrected chi connectivity index (χ4v) is 1.49. The maximum atomic E-state index is 10.5. The van der Waals surface area contributed by atoms with Gasteiger partial charge < -0.3 is 5.11 Å². The van der Waals surface area contributed by atoms with E-state index in [2.05, 4.69) is 0 Å². The molecule has 0 radical (unpaired) electrons. The summed E-state index contributed by atoms with van der Waals surface area (Å²) in [6.07, 6.45) is -0.153. The number of halogens is 1. The molecule has 0 saturated carbocycles. The average Bonchev–Trinajstić information content (AvgIpc) is 2.12. The van der Waals surface area contributed by atoms with E-state index in [1.165, 1.54) is 0 Å². The number of nitrogens with zero attached hydrogens (tertiary/aromatic N) is 1. The van der Waals surface area contributed by atoms with Crippen LogP contribution in [0.15, 0.2) is 12.1 Å². The third-order valence-corrected chi connectivity index (χ3v) is 2.36. The molecule has 0 atom stereocenters. The fraction of sp³-hybridized carbons (Fsp3) is 0.200. The van der Waals surface area contributed by atoms with E-state index in [1.54, 1.807) is 19.1 Å². The van der Waals surface area contributed by atoms with Crippen LogP contribution in [0.2, 0.25) is 5.02 Å². The van der Waals surface area contributed by atoms with Crippen LogP contribution in [0.25, 0.3) is 0 Å². The zero-order chi connectivity index (χ0) is 10.7. The van der Waals surface area contributed by atoms with Crippen molar-refractivity contribution in [3.05, 3.63) is 33.8 Å². The lowest BCUT2D eigenvalue weighted by atomic mass is 10.0. The van der Waals surface area contributed by atoms with E-state index in [0.29, 0.717) is 11.1 Å². The van der Waals surface area contributed by atoms with Crippen LogP contribution in [0, 0.1) is 18.3 Å². The van der Waals surface area contributed by atoms with Gasteiger partial charge in [-0.3, -0.25) is 4.79 Å². The highest BCUT2D eigenvalue weighted by Crippen LogP contribution is 2.24. The number of hydrogen-bond donors (Lipinski definition) is 1. The van der Waals surface area contributed by atoms with E-state index in [1.807, 2.05) is 6.07 Å². The van der Waals surface area contributed by atoms with E-state index >= 15 is 0 Å². The summed E-state index contributed by atoms with van der Waals surface area (Å²) in [6.45, 7) is 1.77. The molecule has 0 amide bonds. The molecule has 0 saturated heterocycles. The topological polar surface area (TPSA) is 61.1 Å². The highest BCUT2D eigenvalue weighted by molar-refractivity contribution is 6.32. The molecule has 1 N–H and O–H groups in total. The van der Waals surface area contributed by atoms with Crippen LogP contribution in [0.3, 0.4) is 0 Å². The van der Waals surface area contributed by atoms with Crippen LogP contribution >= 0.6 is 11.6 Å². The molecule has 0 bridgehead atoms. The van der Waals surface area contributed by atoms with Gasteiger partial charge in [-0.2, -0.15) is 5.26 Å². The summed E-state index contributed by atoms with van der Waals surface area (Å²) in [6, 6.07) is 5.19. The first-order valence-electron chi connectivity index (χ1n) is 3.96. The van der Waals surface area contributed by atoms with Crippen molar-refractivity contribution in [2.24, 2.45) is 0 Å². The van der Waals surface area contributed by atoms with E-state index in [9.17, 15) is 4.79 Å². The summed E-state index contributed by atoms with van der Waals surface area (Å²) in [5, 5.41) is 17.6. The van der Waals surface area contributed by atoms with Gasteiger partial charge in [0.1, 0.15) is 6.07 Å². The Bertz CT molecular complexity index is 421. The van der Waals surface area contributed by atoms with Crippen molar-refractivity contribution < 1.29 is 9.90 Å². The summed E-state index contributed by atoms with van der Waals surface area (Å²) in [5.41, 5.74) is 1.61. The van der Waals surface area contributed by atoms with E-state index in [4.69, 9.17) is 22.0 Å². The number of benzene rings is 1. The average molecular weight is 210 g/mol. The van der Waals surface area contributed by atoms with Crippen LogP contribution in [0.5, 0.6) is 0 Å². The first-order chi connectivity index (χ1) is 6.56. The Labute approximate surface area is 86.5 Å². The Morgan fingerprint density at radius 3 is 2.79 bits per heavy atom. The van der Waals surface area contributed by atoms with Crippen molar-refractivity contribution in [2.45, 2.75) is 13.3 Å². The van der Waals surface area contributed by atoms with Crippen LogP contribution in [-0.2, 0) is 11.2 Å². The van der Waals surface area contributed by atoms with E-state index in [-0.39, 0.29) is 11.4 Å². The maximum absolute atomic E-state index is 10.5. The third-order valence-electron chi connectivity index (χ3n) is 1.93. The number of aliphatic carboxylic acids is 1. The second kappa shape index (κ2) is 4.12. The normalized spacial score (nSPS) is 9.50. The third kappa shape index (κ3) is 2.04. The molecule has 1 aromatic carbocycles. The molecule has 1 rings (SSSR count). The number of carboxylic acid groups (broad SMARTS) is 1. The molecule has 0 aliphatic carbocycles. The highest BCUT2D eigenvalue weighted by Gasteiger charge is 2.11. The molecule has 14 heavy (non-hydrogen) atoms. The maximum Gasteiger partial charge on any atom is 0.307 e. The number of nitriles is 1. The van der Waals surface area contributed by atoms with Gasteiger partial charge >= 0.3 is 5.97 Å². The predicted molar refractivity (Wildman–Crippen MR) is 52.2 cm³/mol. The van der Waals surface area contributed by atoms with Crippen LogP contribution in [-0.4, -0.2) is 11.1 Å². The smallest absolute Gasteiger partial charge is 0.307 e. The first kappa shape index (κ1) is 10.6. The van der Waals surface area contributed by atoms with Gasteiger partial charge in [0.2, 0.25) is 0 Å². The number of hydrogen-bond acceptors (Lipinski definition) is 2. The molecule has 0 spiro atoms. The lowest BCUT2D eigenvalue weighted by Crippen LogP contribution is -2.03. The van der Waals surface area contributed by atoms with Crippen molar-refractivity contribution in [1.29, 1.82) is 5.26 Å². The highest BCUT2D eigenvalue weighted by atomic mass is 35.5. The minimum Gasteiger partial charge on any atom is -0.481 e. The van der Waals surface area contributed by atoms with Crippen molar-refractivity contribution in [2.75, 3.05) is 0 Å². The lowest BCUT2D eigenvalue weighted by Gasteiger charge is -2.06. The minimum absolute atomic E-state index is 0.153. The quantitative estimate of drug-likeness (QED) is 0.812. The van der Waals surface area contributed by atoms with Gasteiger partial charge in [-0.15, -0.1) is 0 Å². The SMILES string of the molecule is Cc1ccc(C#N)c(Cl)c1CC(=O)O. The van der Waals surface area contributed by atoms with Crippen molar-refractivity contribution in [3.8, 4) is 6.07 Å². The second-order valence-corrected chi connectivity index (χ2v) is 3.28. The van der Waals surface area contributed by atoms with Gasteiger partial charge in [0.25, 0.3) is 0 Å². The second-order valence-electron chi connectivity index (χ2n) is 2.90. The number of carbonyl (C=O) groups is 1. The standard InChI is InChI=1S/C10H8ClNO2/c1-6-2-3-7(5-12)10(11)8(6)4-9(13)14/h2-3H,4H2,1H3,(H,13,14). The van der Waals surface area contributed by atoms with Gasteiger partial charge in [0.15, 0.2) is 0 Å². The molecular formula is C10H8ClNO2. The largest absolute Gasteiger partial charge is 0.481 e. The summed E-state index contributed by atoms with van der Waals surface area (Å²) in [4.78, 5) is 10.5. The molecular weight excluding hydrogens is 202 g/mol. The number of rotatable bonds is 2. The lowest BCUT2D eigenvalue weighted by molar-refractivity contribution is -0.136. The number of aryl methyl sites for hydroxylation is 1. The van der Waals surface area contributed by atoms with Gasteiger partial charge in [0, 0.05) is 0 Å². The predicted octanol–water partition coefficient (Wildman–Crippen LogP) is 2.15. The molecule has 0 fully saturated rings. The minimum atomic E-state index is -0.954. The molecule has 0 heterocycles. The molecule has 4 heteroatoms. The van der Waals surface area contributed by atoms with Crippen molar-refractivity contribution in [3.63, 3.8) is 0 Å². The van der Waals surface area contributed by atoms with Crippen molar-refractivity contribution in [1.82, 2.24) is 0 Å². The Morgan fingerprint density at radius 1 is 1.64 bits per heavy atom. The first-order valence-corrected chi connectivity index (χ1v) is 4.34. The number of carboxylic acids is 1. The van der Waals surface area contributed by atoms with Gasteiger partial charge in [-0.25, -0.2) is 0 Å². The molecule has 0 aliphatic rings.